The largest absolute Gasteiger partial charge is 0.491 e. The van der Waals surface area contributed by atoms with Gasteiger partial charge in [-0.25, -0.2) is 0 Å². The Morgan fingerprint density at radius 3 is 2.38 bits per heavy atom. The van der Waals surface area contributed by atoms with Gasteiger partial charge in [0.25, 0.3) is 0 Å². The molecule has 1 aromatic carbocycles. The molecule has 16 heavy (non-hydrogen) atoms. The summed E-state index contributed by atoms with van der Waals surface area (Å²) in [5.74, 6) is 0.814. The Hall–Kier alpha value is -0.670. The molecule has 0 bridgehead atoms. The lowest BCUT2D eigenvalue weighted by atomic mass is 10.3. The zero-order valence-electron chi connectivity index (χ0n) is 10.1. The summed E-state index contributed by atoms with van der Waals surface area (Å²) in [6.45, 7) is 6.48. The lowest BCUT2D eigenvalue weighted by molar-refractivity contribution is 0.122. The van der Waals surface area contributed by atoms with Crippen LogP contribution in [0.3, 0.4) is 0 Å². The molecule has 0 amide bonds. The maximum atomic E-state index is 9.09. The highest BCUT2D eigenvalue weighted by Crippen LogP contribution is 2.26. The van der Waals surface area contributed by atoms with Gasteiger partial charge in [0.1, 0.15) is 12.4 Å². The first-order valence-corrected chi connectivity index (χ1v) is 6.57. The molecule has 2 atom stereocenters. The third kappa shape index (κ3) is 4.90. The van der Waals surface area contributed by atoms with E-state index < -0.39 is 6.10 Å². The molecule has 0 heterocycles. The van der Waals surface area contributed by atoms with Crippen molar-refractivity contribution in [1.29, 1.82) is 0 Å². The highest BCUT2D eigenvalue weighted by molar-refractivity contribution is 7.99. The SMILES string of the molecule is CCC(C)Sc1ccc(OCC(C)O)cc1. The van der Waals surface area contributed by atoms with E-state index in [-0.39, 0.29) is 0 Å². The minimum atomic E-state index is -0.422. The van der Waals surface area contributed by atoms with Gasteiger partial charge < -0.3 is 9.84 Å². The summed E-state index contributed by atoms with van der Waals surface area (Å²) in [6, 6.07) is 8.03. The minimum absolute atomic E-state index is 0.345. The Labute approximate surface area is 102 Å². The van der Waals surface area contributed by atoms with Crippen LogP contribution in [0.2, 0.25) is 0 Å². The molecule has 0 saturated heterocycles. The first kappa shape index (κ1) is 13.4. The highest BCUT2D eigenvalue weighted by Gasteiger charge is 2.02. The van der Waals surface area contributed by atoms with Gasteiger partial charge in [0.2, 0.25) is 0 Å². The molecule has 0 aromatic heterocycles. The smallest absolute Gasteiger partial charge is 0.119 e. The van der Waals surface area contributed by atoms with E-state index in [1.807, 2.05) is 23.9 Å². The van der Waals surface area contributed by atoms with Crippen LogP contribution in [0.4, 0.5) is 0 Å². The van der Waals surface area contributed by atoms with E-state index in [9.17, 15) is 0 Å². The number of hydrogen-bond acceptors (Lipinski definition) is 3. The highest BCUT2D eigenvalue weighted by atomic mass is 32.2. The van der Waals surface area contributed by atoms with Gasteiger partial charge in [0.05, 0.1) is 6.10 Å². The fourth-order valence-electron chi connectivity index (χ4n) is 1.15. The molecule has 1 aromatic rings. The van der Waals surface area contributed by atoms with Crippen LogP contribution in [-0.4, -0.2) is 23.1 Å². The summed E-state index contributed by atoms with van der Waals surface area (Å²) < 4.78 is 5.39. The summed E-state index contributed by atoms with van der Waals surface area (Å²) in [7, 11) is 0. The molecule has 0 aliphatic heterocycles. The number of rotatable bonds is 6. The molecular formula is C13H20O2S. The number of benzene rings is 1. The number of hydrogen-bond donors (Lipinski definition) is 1. The zero-order chi connectivity index (χ0) is 12.0. The Morgan fingerprint density at radius 1 is 1.25 bits per heavy atom. The predicted molar refractivity (Wildman–Crippen MR) is 69.2 cm³/mol. The second-order valence-corrected chi connectivity index (χ2v) is 5.48. The lowest BCUT2D eigenvalue weighted by Crippen LogP contribution is -2.12. The number of thioether (sulfide) groups is 1. The van der Waals surface area contributed by atoms with Gasteiger partial charge in [0.15, 0.2) is 0 Å². The molecule has 2 nitrogen and oxygen atoms in total. The van der Waals surface area contributed by atoms with E-state index in [0.29, 0.717) is 11.9 Å². The molecule has 3 heteroatoms. The van der Waals surface area contributed by atoms with E-state index in [2.05, 4.69) is 26.0 Å². The molecular weight excluding hydrogens is 220 g/mol. The van der Waals surface area contributed by atoms with Crippen molar-refractivity contribution in [1.82, 2.24) is 0 Å². The maximum Gasteiger partial charge on any atom is 0.119 e. The summed E-state index contributed by atoms with van der Waals surface area (Å²) in [4.78, 5) is 1.26. The van der Waals surface area contributed by atoms with Crippen molar-refractivity contribution in [3.63, 3.8) is 0 Å². The molecule has 0 aliphatic carbocycles. The van der Waals surface area contributed by atoms with Gasteiger partial charge in [-0.1, -0.05) is 13.8 Å². The molecule has 0 radical (unpaired) electrons. The van der Waals surface area contributed by atoms with Crippen LogP contribution in [0.5, 0.6) is 5.75 Å². The number of aliphatic hydroxyl groups excluding tert-OH is 1. The van der Waals surface area contributed by atoms with Crippen LogP contribution in [-0.2, 0) is 0 Å². The van der Waals surface area contributed by atoms with Crippen molar-refractivity contribution < 1.29 is 9.84 Å². The molecule has 90 valence electrons. The van der Waals surface area contributed by atoms with E-state index >= 15 is 0 Å². The van der Waals surface area contributed by atoms with Gasteiger partial charge in [-0.2, -0.15) is 0 Å². The molecule has 1 rings (SSSR count). The Bertz CT molecular complexity index is 295. The second-order valence-electron chi connectivity index (χ2n) is 3.97. The lowest BCUT2D eigenvalue weighted by Gasteiger charge is -2.10. The third-order valence-corrected chi connectivity index (χ3v) is 3.51. The van der Waals surface area contributed by atoms with Gasteiger partial charge in [0, 0.05) is 10.1 Å². The van der Waals surface area contributed by atoms with Gasteiger partial charge in [-0.15, -0.1) is 11.8 Å². The fourth-order valence-corrected chi connectivity index (χ4v) is 2.07. The summed E-state index contributed by atoms with van der Waals surface area (Å²) in [5.41, 5.74) is 0. The average Bonchev–Trinajstić information content (AvgIpc) is 2.28. The van der Waals surface area contributed by atoms with Gasteiger partial charge >= 0.3 is 0 Å². The Morgan fingerprint density at radius 2 is 1.88 bits per heavy atom. The topological polar surface area (TPSA) is 29.5 Å². The monoisotopic (exact) mass is 240 g/mol. The van der Waals surface area contributed by atoms with Gasteiger partial charge in [-0.3, -0.25) is 0 Å². The van der Waals surface area contributed by atoms with E-state index in [4.69, 9.17) is 9.84 Å². The van der Waals surface area contributed by atoms with Crippen LogP contribution >= 0.6 is 11.8 Å². The van der Waals surface area contributed by atoms with Gasteiger partial charge in [-0.05, 0) is 37.6 Å². The molecule has 2 unspecified atom stereocenters. The predicted octanol–water partition coefficient (Wildman–Crippen LogP) is 3.34. The Kier molecular flexibility index (Phi) is 5.71. The minimum Gasteiger partial charge on any atom is -0.491 e. The number of aliphatic hydroxyl groups is 1. The third-order valence-electron chi connectivity index (χ3n) is 2.23. The fraction of sp³-hybridized carbons (Fsp3) is 0.538. The molecule has 0 spiro atoms. The van der Waals surface area contributed by atoms with Crippen molar-refractivity contribution in [3.8, 4) is 5.75 Å². The Balaban J connectivity index is 2.47. The molecule has 0 saturated carbocycles. The van der Waals surface area contributed by atoms with E-state index in [1.54, 1.807) is 6.92 Å². The number of ether oxygens (including phenoxy) is 1. The standard InChI is InChI=1S/C13H20O2S/c1-4-11(3)16-13-7-5-12(6-8-13)15-9-10(2)14/h5-8,10-11,14H,4,9H2,1-3H3. The van der Waals surface area contributed by atoms with Crippen LogP contribution < -0.4 is 4.74 Å². The van der Waals surface area contributed by atoms with Crippen LogP contribution in [0.25, 0.3) is 0 Å². The van der Waals surface area contributed by atoms with Crippen molar-refractivity contribution >= 4 is 11.8 Å². The van der Waals surface area contributed by atoms with Crippen molar-refractivity contribution in [2.45, 2.75) is 43.4 Å². The van der Waals surface area contributed by atoms with Crippen LogP contribution in [0, 0.1) is 0 Å². The van der Waals surface area contributed by atoms with Crippen molar-refractivity contribution in [3.05, 3.63) is 24.3 Å². The zero-order valence-corrected chi connectivity index (χ0v) is 11.0. The molecule has 0 fully saturated rings. The summed E-state index contributed by atoms with van der Waals surface area (Å²) in [6.07, 6.45) is 0.750. The first-order chi connectivity index (χ1) is 7.61. The summed E-state index contributed by atoms with van der Waals surface area (Å²) >= 11 is 1.87. The van der Waals surface area contributed by atoms with Crippen LogP contribution in [0.15, 0.2) is 29.2 Å². The maximum absolute atomic E-state index is 9.09. The molecule has 0 aliphatic rings. The van der Waals surface area contributed by atoms with E-state index in [1.165, 1.54) is 11.3 Å². The van der Waals surface area contributed by atoms with Crippen molar-refractivity contribution in [2.24, 2.45) is 0 Å². The van der Waals surface area contributed by atoms with E-state index in [0.717, 1.165) is 5.75 Å². The summed E-state index contributed by atoms with van der Waals surface area (Å²) in [5, 5.41) is 9.73. The quantitative estimate of drug-likeness (QED) is 0.773. The second kappa shape index (κ2) is 6.81. The van der Waals surface area contributed by atoms with Crippen molar-refractivity contribution in [2.75, 3.05) is 6.61 Å². The van der Waals surface area contributed by atoms with Crippen LogP contribution in [0.1, 0.15) is 27.2 Å². The first-order valence-electron chi connectivity index (χ1n) is 5.69. The molecule has 1 N–H and O–H groups in total. The average molecular weight is 240 g/mol. The normalized spacial score (nSPS) is 14.5.